The molecule has 0 bridgehead atoms. The molecule has 1 aromatic rings. The van der Waals surface area contributed by atoms with Gasteiger partial charge in [-0.25, -0.2) is 17.7 Å². The molecule has 0 spiro atoms. The molecule has 17 heavy (non-hydrogen) atoms. The fourth-order valence-corrected chi connectivity index (χ4v) is 2.04. The summed E-state index contributed by atoms with van der Waals surface area (Å²) in [7, 11) is 0. The summed E-state index contributed by atoms with van der Waals surface area (Å²) in [6, 6.07) is 8.53. The van der Waals surface area contributed by atoms with Gasteiger partial charge in [-0.3, -0.25) is 12.2 Å². The quantitative estimate of drug-likeness (QED) is 0.626. The van der Waals surface area contributed by atoms with Gasteiger partial charge in [0.15, 0.2) is 0 Å². The zero-order valence-electron chi connectivity index (χ0n) is 10.3. The molecule has 1 heteroatoms. The summed E-state index contributed by atoms with van der Waals surface area (Å²) in [6.07, 6.45) is 13.4. The second kappa shape index (κ2) is 6.91. The molecule has 0 aliphatic heterocycles. The SMILES string of the molecule is CC1=[C-]C(C)c2ccccc21.[C-]1=CC=CC1.[Zr+2]. The summed E-state index contributed by atoms with van der Waals surface area (Å²) in [6.45, 7) is 4.32. The Morgan fingerprint density at radius 2 is 2.00 bits per heavy atom. The molecule has 84 valence electrons. The molecular formula is C16H16Zr. The van der Waals surface area contributed by atoms with Gasteiger partial charge in [-0.15, -0.1) is 18.1 Å². The molecule has 1 unspecified atom stereocenters. The number of hydrogen-bond donors (Lipinski definition) is 0. The average Bonchev–Trinajstić information content (AvgIpc) is 2.94. The van der Waals surface area contributed by atoms with Gasteiger partial charge >= 0.3 is 26.2 Å². The molecule has 0 fully saturated rings. The van der Waals surface area contributed by atoms with Gasteiger partial charge in [0.2, 0.25) is 0 Å². The summed E-state index contributed by atoms with van der Waals surface area (Å²) in [5.41, 5.74) is 4.10. The van der Waals surface area contributed by atoms with Crippen LogP contribution < -0.4 is 0 Å². The number of allylic oxidation sites excluding steroid dienone is 6. The van der Waals surface area contributed by atoms with Crippen molar-refractivity contribution in [2.45, 2.75) is 26.2 Å². The second-order valence-corrected chi connectivity index (χ2v) is 4.08. The van der Waals surface area contributed by atoms with Crippen molar-refractivity contribution in [2.75, 3.05) is 0 Å². The van der Waals surface area contributed by atoms with Gasteiger partial charge in [-0.1, -0.05) is 38.0 Å². The van der Waals surface area contributed by atoms with Gasteiger partial charge in [0.25, 0.3) is 0 Å². The van der Waals surface area contributed by atoms with Crippen molar-refractivity contribution in [1.82, 2.24) is 0 Å². The van der Waals surface area contributed by atoms with E-state index in [9.17, 15) is 0 Å². The first-order valence-electron chi connectivity index (χ1n) is 5.70. The minimum absolute atomic E-state index is 0. The molecular weight excluding hydrogens is 283 g/mol. The largest absolute Gasteiger partial charge is 2.00 e. The van der Waals surface area contributed by atoms with Crippen LogP contribution >= 0.6 is 0 Å². The topological polar surface area (TPSA) is 0 Å². The van der Waals surface area contributed by atoms with E-state index < -0.39 is 0 Å². The average molecular weight is 300 g/mol. The molecule has 2 aliphatic carbocycles. The first kappa shape index (κ1) is 14.4. The van der Waals surface area contributed by atoms with Crippen LogP contribution in [0.2, 0.25) is 0 Å². The van der Waals surface area contributed by atoms with Crippen LogP contribution in [0.4, 0.5) is 0 Å². The van der Waals surface area contributed by atoms with Gasteiger partial charge in [0.1, 0.15) is 0 Å². The van der Waals surface area contributed by atoms with Crippen LogP contribution in [0, 0.1) is 12.2 Å². The van der Waals surface area contributed by atoms with Crippen LogP contribution in [0.15, 0.2) is 42.5 Å². The summed E-state index contributed by atoms with van der Waals surface area (Å²) >= 11 is 0. The van der Waals surface area contributed by atoms with Gasteiger partial charge < -0.3 is 0 Å². The van der Waals surface area contributed by atoms with E-state index in [4.69, 9.17) is 0 Å². The van der Waals surface area contributed by atoms with E-state index in [-0.39, 0.29) is 26.2 Å². The maximum atomic E-state index is 3.40. The summed E-state index contributed by atoms with van der Waals surface area (Å²) < 4.78 is 0. The number of benzene rings is 1. The predicted molar refractivity (Wildman–Crippen MR) is 68.8 cm³/mol. The Morgan fingerprint density at radius 1 is 1.24 bits per heavy atom. The Bertz CT molecular complexity index is 442. The number of rotatable bonds is 0. The Hall–Kier alpha value is -0.677. The van der Waals surface area contributed by atoms with E-state index in [0.717, 1.165) is 6.42 Å². The standard InChI is InChI=1S/C11H11.C5H5.Zr/c1-8-7-9(2)11-6-4-3-5-10(8)11;1-2-4-5-3-1;/h3-6,8H,1-2H3;1-3H,4H2;/q2*-1;+2. The van der Waals surface area contributed by atoms with Crippen molar-refractivity contribution in [3.8, 4) is 0 Å². The van der Waals surface area contributed by atoms with E-state index in [2.05, 4.69) is 56.3 Å². The maximum Gasteiger partial charge on any atom is 2.00 e. The monoisotopic (exact) mass is 298 g/mol. The van der Waals surface area contributed by atoms with Crippen molar-refractivity contribution in [1.29, 1.82) is 0 Å². The minimum Gasteiger partial charge on any atom is -0.273 e. The van der Waals surface area contributed by atoms with Crippen LogP contribution in [-0.2, 0) is 26.2 Å². The molecule has 1 aromatic carbocycles. The Morgan fingerprint density at radius 3 is 2.53 bits per heavy atom. The van der Waals surface area contributed by atoms with E-state index in [1.807, 2.05) is 12.2 Å². The molecule has 1 atom stereocenters. The normalized spacial score (nSPS) is 18.9. The van der Waals surface area contributed by atoms with E-state index in [1.165, 1.54) is 16.7 Å². The maximum absolute atomic E-state index is 3.40. The van der Waals surface area contributed by atoms with Gasteiger partial charge in [0.05, 0.1) is 0 Å². The fourth-order valence-electron chi connectivity index (χ4n) is 2.04. The Labute approximate surface area is 123 Å². The fraction of sp³-hybridized carbons (Fsp3) is 0.250. The predicted octanol–water partition coefficient (Wildman–Crippen LogP) is 4.31. The second-order valence-electron chi connectivity index (χ2n) is 4.08. The van der Waals surface area contributed by atoms with Crippen LogP contribution in [0.3, 0.4) is 0 Å². The van der Waals surface area contributed by atoms with Crippen LogP contribution in [-0.4, -0.2) is 0 Å². The molecule has 0 radical (unpaired) electrons. The molecule has 0 amide bonds. The Balaban J connectivity index is 0.000000205. The van der Waals surface area contributed by atoms with E-state index in [0.29, 0.717) is 5.92 Å². The van der Waals surface area contributed by atoms with Crippen molar-refractivity contribution >= 4 is 5.57 Å². The van der Waals surface area contributed by atoms with Crippen molar-refractivity contribution in [3.05, 3.63) is 65.8 Å². The third-order valence-corrected chi connectivity index (χ3v) is 2.85. The van der Waals surface area contributed by atoms with Crippen LogP contribution in [0.1, 0.15) is 37.3 Å². The molecule has 2 aliphatic rings. The van der Waals surface area contributed by atoms with Crippen molar-refractivity contribution in [3.63, 3.8) is 0 Å². The van der Waals surface area contributed by atoms with Crippen LogP contribution in [0.25, 0.3) is 5.57 Å². The molecule has 3 rings (SSSR count). The molecule has 0 saturated heterocycles. The molecule has 0 nitrogen and oxygen atoms in total. The first-order chi connectivity index (χ1) is 7.79. The van der Waals surface area contributed by atoms with E-state index >= 15 is 0 Å². The van der Waals surface area contributed by atoms with Gasteiger partial charge in [-0.2, -0.15) is 11.6 Å². The van der Waals surface area contributed by atoms with Crippen molar-refractivity contribution in [2.24, 2.45) is 0 Å². The minimum atomic E-state index is 0. The number of hydrogen-bond acceptors (Lipinski definition) is 0. The molecule has 0 saturated carbocycles. The van der Waals surface area contributed by atoms with Gasteiger partial charge in [0, 0.05) is 0 Å². The van der Waals surface area contributed by atoms with Crippen molar-refractivity contribution < 1.29 is 26.2 Å². The summed E-state index contributed by atoms with van der Waals surface area (Å²) in [5.74, 6) is 0.492. The Kier molecular flexibility index (Phi) is 5.85. The number of fused-ring (bicyclic) bond motifs is 1. The zero-order chi connectivity index (χ0) is 11.4. The van der Waals surface area contributed by atoms with Gasteiger partial charge in [-0.05, 0) is 0 Å². The molecule has 0 N–H and O–H groups in total. The molecule has 0 aromatic heterocycles. The van der Waals surface area contributed by atoms with E-state index in [1.54, 1.807) is 0 Å². The first-order valence-corrected chi connectivity index (χ1v) is 5.70. The summed E-state index contributed by atoms with van der Waals surface area (Å²) in [5, 5.41) is 0. The molecule has 0 heterocycles. The summed E-state index contributed by atoms with van der Waals surface area (Å²) in [4.78, 5) is 0. The third kappa shape index (κ3) is 3.64. The third-order valence-electron chi connectivity index (χ3n) is 2.85. The zero-order valence-corrected chi connectivity index (χ0v) is 12.8. The van der Waals surface area contributed by atoms with Crippen LogP contribution in [0.5, 0.6) is 0 Å². The smallest absolute Gasteiger partial charge is 0.273 e.